The Bertz CT molecular complexity index is 539. The Morgan fingerprint density at radius 2 is 2.28 bits per heavy atom. The van der Waals surface area contributed by atoms with Crippen LogP contribution in [-0.2, 0) is 11.3 Å². The molecule has 2 aromatic rings. The highest BCUT2D eigenvalue weighted by Gasteiger charge is 2.14. The van der Waals surface area contributed by atoms with Gasteiger partial charge in [-0.25, -0.2) is 4.98 Å². The second-order valence-corrected chi connectivity index (χ2v) is 5.97. The van der Waals surface area contributed by atoms with Gasteiger partial charge in [0.25, 0.3) is 0 Å². The lowest BCUT2D eigenvalue weighted by atomic mass is 10.3. The normalized spacial score (nSPS) is 13.1. The van der Waals surface area contributed by atoms with E-state index in [1.807, 2.05) is 13.8 Å². The van der Waals surface area contributed by atoms with Crippen molar-refractivity contribution in [1.82, 2.24) is 9.55 Å². The highest BCUT2D eigenvalue weighted by Crippen LogP contribution is 2.25. The summed E-state index contributed by atoms with van der Waals surface area (Å²) in [6, 6.07) is 6.26. The van der Waals surface area contributed by atoms with E-state index in [4.69, 9.17) is 16.3 Å². The third-order valence-electron chi connectivity index (χ3n) is 2.76. The number of hydrogen-bond acceptors (Lipinski definition) is 2. The summed E-state index contributed by atoms with van der Waals surface area (Å²) >= 11 is 8.50. The van der Waals surface area contributed by atoms with Crippen molar-refractivity contribution in [3.63, 3.8) is 0 Å². The van der Waals surface area contributed by atoms with Gasteiger partial charge in [-0.3, -0.25) is 0 Å². The molecule has 0 bridgehead atoms. The van der Waals surface area contributed by atoms with Crippen molar-refractivity contribution in [2.75, 3.05) is 13.2 Å². The summed E-state index contributed by atoms with van der Waals surface area (Å²) in [5.41, 5.74) is 2.12. The van der Waals surface area contributed by atoms with Crippen LogP contribution in [0.5, 0.6) is 0 Å². The number of fused-ring (bicyclic) bond motifs is 1. The van der Waals surface area contributed by atoms with Gasteiger partial charge >= 0.3 is 0 Å². The lowest BCUT2D eigenvalue weighted by molar-refractivity contribution is 0.139. The number of benzene rings is 1. The monoisotopic (exact) mass is 378 g/mol. The Morgan fingerprint density at radius 3 is 2.94 bits per heavy atom. The number of hydrogen-bond donors (Lipinski definition) is 0. The maximum absolute atomic E-state index is 6.21. The Labute approximate surface area is 126 Å². The fourth-order valence-corrected chi connectivity index (χ4v) is 2.60. The third-order valence-corrected chi connectivity index (χ3v) is 3.63. The van der Waals surface area contributed by atoms with E-state index in [0.29, 0.717) is 6.61 Å². The standard InChI is InChI=1S/C13H16ClIN2O/c1-3-18-7-6-17-12-5-4-10(15)8-11(12)16-13(17)9(2)14/h4-5,8-9H,3,6-7H2,1-2H3. The molecule has 3 nitrogen and oxygen atoms in total. The lowest BCUT2D eigenvalue weighted by Gasteiger charge is -2.10. The fraction of sp³-hybridized carbons (Fsp3) is 0.462. The summed E-state index contributed by atoms with van der Waals surface area (Å²) in [5, 5.41) is -0.100. The van der Waals surface area contributed by atoms with Gasteiger partial charge in [-0.15, -0.1) is 11.6 Å². The highest BCUT2D eigenvalue weighted by molar-refractivity contribution is 14.1. The van der Waals surface area contributed by atoms with Crippen molar-refractivity contribution in [3.8, 4) is 0 Å². The molecule has 0 radical (unpaired) electrons. The van der Waals surface area contributed by atoms with Crippen molar-refractivity contribution in [1.29, 1.82) is 0 Å². The topological polar surface area (TPSA) is 27.1 Å². The first-order valence-electron chi connectivity index (χ1n) is 6.01. The van der Waals surface area contributed by atoms with Crippen LogP contribution in [0.25, 0.3) is 11.0 Å². The Hall–Kier alpha value is -0.330. The van der Waals surface area contributed by atoms with E-state index in [1.165, 1.54) is 3.57 Å². The third kappa shape index (κ3) is 2.97. The minimum Gasteiger partial charge on any atom is -0.380 e. The van der Waals surface area contributed by atoms with Gasteiger partial charge in [0, 0.05) is 16.7 Å². The SMILES string of the molecule is CCOCCn1c(C(C)Cl)nc2cc(I)ccc21. The molecule has 0 aliphatic carbocycles. The van der Waals surface area contributed by atoms with Gasteiger partial charge in [-0.05, 0) is 54.6 Å². The number of alkyl halides is 1. The molecule has 0 aliphatic rings. The van der Waals surface area contributed by atoms with Gasteiger partial charge in [0.15, 0.2) is 0 Å². The number of halogens is 2. The highest BCUT2D eigenvalue weighted by atomic mass is 127. The van der Waals surface area contributed by atoms with Crippen LogP contribution in [0.1, 0.15) is 25.0 Å². The average Bonchev–Trinajstić information content (AvgIpc) is 2.68. The second kappa shape index (κ2) is 6.21. The number of ether oxygens (including phenoxy) is 1. The molecule has 1 atom stereocenters. The lowest BCUT2D eigenvalue weighted by Crippen LogP contribution is -2.09. The molecule has 0 amide bonds. The number of imidazole rings is 1. The number of rotatable bonds is 5. The van der Waals surface area contributed by atoms with Crippen molar-refractivity contribution < 1.29 is 4.74 Å². The zero-order chi connectivity index (χ0) is 13.1. The maximum atomic E-state index is 6.21. The summed E-state index contributed by atoms with van der Waals surface area (Å²) in [6.07, 6.45) is 0. The molecule has 0 spiro atoms. The minimum absolute atomic E-state index is 0.100. The molecule has 5 heteroatoms. The van der Waals surface area contributed by atoms with Crippen LogP contribution in [0.15, 0.2) is 18.2 Å². The van der Waals surface area contributed by atoms with Crippen LogP contribution in [0.2, 0.25) is 0 Å². The van der Waals surface area contributed by atoms with Crippen molar-refractivity contribution in [2.24, 2.45) is 0 Å². The van der Waals surface area contributed by atoms with Crippen molar-refractivity contribution >= 4 is 45.2 Å². The van der Waals surface area contributed by atoms with Crippen molar-refractivity contribution in [2.45, 2.75) is 25.8 Å². The van der Waals surface area contributed by atoms with Gasteiger partial charge in [-0.2, -0.15) is 0 Å². The van der Waals surface area contributed by atoms with Gasteiger partial charge in [-0.1, -0.05) is 0 Å². The zero-order valence-corrected chi connectivity index (χ0v) is 13.4. The molecule has 18 heavy (non-hydrogen) atoms. The summed E-state index contributed by atoms with van der Waals surface area (Å²) in [7, 11) is 0. The van der Waals surface area contributed by atoms with E-state index in [2.05, 4.69) is 50.3 Å². The molecular weight excluding hydrogens is 363 g/mol. The van der Waals surface area contributed by atoms with Crippen LogP contribution < -0.4 is 0 Å². The molecule has 0 fully saturated rings. The summed E-state index contributed by atoms with van der Waals surface area (Å²) in [6.45, 7) is 6.16. The molecule has 1 unspecified atom stereocenters. The Kier molecular flexibility index (Phi) is 4.86. The van der Waals surface area contributed by atoms with E-state index in [9.17, 15) is 0 Å². The quantitative estimate of drug-likeness (QED) is 0.447. The van der Waals surface area contributed by atoms with E-state index >= 15 is 0 Å². The minimum atomic E-state index is -0.100. The maximum Gasteiger partial charge on any atom is 0.127 e. The molecule has 1 heterocycles. The molecule has 0 aliphatic heterocycles. The molecule has 0 saturated carbocycles. The molecule has 1 aromatic heterocycles. The van der Waals surface area contributed by atoms with E-state index in [-0.39, 0.29) is 5.38 Å². The molecule has 0 N–H and O–H groups in total. The molecular formula is C13H16ClIN2O. The first kappa shape index (κ1) is 14.1. The molecule has 0 saturated heterocycles. The zero-order valence-electron chi connectivity index (χ0n) is 10.5. The van der Waals surface area contributed by atoms with Crippen LogP contribution >= 0.6 is 34.2 Å². The smallest absolute Gasteiger partial charge is 0.127 e. The van der Waals surface area contributed by atoms with Gasteiger partial charge in [0.2, 0.25) is 0 Å². The first-order chi connectivity index (χ1) is 8.63. The molecule has 98 valence electrons. The molecule has 1 aromatic carbocycles. The van der Waals surface area contributed by atoms with Crippen LogP contribution in [-0.4, -0.2) is 22.8 Å². The summed E-state index contributed by atoms with van der Waals surface area (Å²) < 4.78 is 8.76. The number of aromatic nitrogens is 2. The fourth-order valence-electron chi connectivity index (χ4n) is 1.96. The largest absolute Gasteiger partial charge is 0.380 e. The van der Waals surface area contributed by atoms with Crippen molar-refractivity contribution in [3.05, 3.63) is 27.6 Å². The average molecular weight is 379 g/mol. The summed E-state index contributed by atoms with van der Waals surface area (Å²) in [4.78, 5) is 4.62. The van der Waals surface area contributed by atoms with Gasteiger partial charge < -0.3 is 9.30 Å². The van der Waals surface area contributed by atoms with Crippen LogP contribution in [0.3, 0.4) is 0 Å². The van der Waals surface area contributed by atoms with E-state index in [1.54, 1.807) is 0 Å². The number of nitrogens with zero attached hydrogens (tertiary/aromatic N) is 2. The van der Waals surface area contributed by atoms with Gasteiger partial charge in [0.1, 0.15) is 5.82 Å². The van der Waals surface area contributed by atoms with Crippen LogP contribution in [0, 0.1) is 3.57 Å². The second-order valence-electron chi connectivity index (χ2n) is 4.07. The first-order valence-corrected chi connectivity index (χ1v) is 7.52. The Balaban J connectivity index is 2.42. The predicted octanol–water partition coefficient (Wildman–Crippen LogP) is 3.98. The van der Waals surface area contributed by atoms with E-state index < -0.39 is 0 Å². The predicted molar refractivity (Wildman–Crippen MR) is 83.2 cm³/mol. The Morgan fingerprint density at radius 1 is 1.50 bits per heavy atom. The van der Waals surface area contributed by atoms with Gasteiger partial charge in [0.05, 0.1) is 23.0 Å². The summed E-state index contributed by atoms with van der Waals surface area (Å²) in [5.74, 6) is 0.911. The molecule has 2 rings (SSSR count). The van der Waals surface area contributed by atoms with E-state index in [0.717, 1.165) is 30.0 Å². The van der Waals surface area contributed by atoms with Crippen LogP contribution in [0.4, 0.5) is 0 Å².